The highest BCUT2D eigenvalue weighted by Gasteiger charge is 2.35. The van der Waals surface area contributed by atoms with Crippen LogP contribution in [0.25, 0.3) is 22.3 Å². The van der Waals surface area contributed by atoms with Crippen LogP contribution in [0.3, 0.4) is 0 Å². The van der Waals surface area contributed by atoms with Crippen LogP contribution in [0.1, 0.15) is 36.3 Å². The number of rotatable bonds is 9. The van der Waals surface area contributed by atoms with E-state index in [2.05, 4.69) is 10.1 Å². The molecule has 1 atom stereocenters. The van der Waals surface area contributed by atoms with Crippen LogP contribution in [0.2, 0.25) is 0 Å². The van der Waals surface area contributed by atoms with Crippen LogP contribution < -0.4 is 11.3 Å². The van der Waals surface area contributed by atoms with E-state index in [0.717, 1.165) is 22.4 Å². The van der Waals surface area contributed by atoms with E-state index in [1.54, 1.807) is 23.7 Å². The Morgan fingerprint density at radius 2 is 1.80 bits per heavy atom. The molecule has 1 saturated heterocycles. The molecule has 10 nitrogen and oxygen atoms in total. The minimum Gasteiger partial charge on any atom is -0.388 e. The van der Waals surface area contributed by atoms with Gasteiger partial charge in [0.25, 0.3) is 5.56 Å². The third kappa shape index (κ3) is 5.70. The summed E-state index contributed by atoms with van der Waals surface area (Å²) in [5.74, 6) is 0.00599. The van der Waals surface area contributed by atoms with Gasteiger partial charge >= 0.3 is 0 Å². The Morgan fingerprint density at radius 1 is 1.10 bits per heavy atom. The van der Waals surface area contributed by atoms with Crippen molar-refractivity contribution >= 4 is 16.9 Å². The number of hydrogen-bond acceptors (Lipinski definition) is 7. The summed E-state index contributed by atoms with van der Waals surface area (Å²) in [6.07, 6.45) is 2.55. The maximum atomic E-state index is 13.4. The average molecular weight is 545 g/mol. The number of nitrogens with two attached hydrogens (primary N) is 1. The fourth-order valence-electron chi connectivity index (χ4n) is 5.52. The standard InChI is InChI=1S/C30H36N6O4/c1-34-28(23-10-8-21(17-31)9-11-23)26-27(33-34)29(38)36(20-32-26)19-30(39)12-14-35(15-13-30)25(37)16-24(18-40-2)22-6-4-3-5-7-22/h3-11,20,24,39H,12-19,31H2,1-2H3. The summed E-state index contributed by atoms with van der Waals surface area (Å²) in [6, 6.07) is 17.7. The Kier molecular flexibility index (Phi) is 8.11. The van der Waals surface area contributed by atoms with Crippen LogP contribution >= 0.6 is 0 Å². The lowest BCUT2D eigenvalue weighted by Gasteiger charge is -2.38. The van der Waals surface area contributed by atoms with Gasteiger partial charge in [-0.25, -0.2) is 4.98 Å². The minimum absolute atomic E-state index is 0.0299. The molecule has 0 bridgehead atoms. The van der Waals surface area contributed by atoms with Gasteiger partial charge in [-0.1, -0.05) is 54.6 Å². The number of methoxy groups -OCH3 is 1. The van der Waals surface area contributed by atoms with E-state index < -0.39 is 5.60 Å². The number of nitrogens with zero attached hydrogens (tertiary/aromatic N) is 5. The molecule has 210 valence electrons. The number of aliphatic hydroxyl groups is 1. The monoisotopic (exact) mass is 544 g/mol. The van der Waals surface area contributed by atoms with E-state index in [0.29, 0.717) is 51.0 Å². The molecule has 2 aromatic carbocycles. The van der Waals surface area contributed by atoms with Crippen molar-refractivity contribution in [1.29, 1.82) is 0 Å². The van der Waals surface area contributed by atoms with Gasteiger partial charge in [0, 0.05) is 51.7 Å². The number of aromatic nitrogens is 4. The highest BCUT2D eigenvalue weighted by atomic mass is 16.5. The van der Waals surface area contributed by atoms with E-state index in [-0.39, 0.29) is 29.4 Å². The van der Waals surface area contributed by atoms with Crippen LogP contribution in [-0.2, 0) is 29.7 Å². The molecule has 1 aliphatic heterocycles. The van der Waals surface area contributed by atoms with E-state index in [1.165, 1.54) is 10.9 Å². The predicted octanol–water partition coefficient (Wildman–Crippen LogP) is 2.43. The molecule has 10 heteroatoms. The first-order chi connectivity index (χ1) is 19.3. The zero-order chi connectivity index (χ0) is 28.3. The number of carbonyl (C=O) groups is 1. The molecule has 1 amide bonds. The quantitative estimate of drug-likeness (QED) is 0.331. The van der Waals surface area contributed by atoms with E-state index >= 15 is 0 Å². The van der Waals surface area contributed by atoms with Crippen molar-refractivity contribution in [2.75, 3.05) is 26.8 Å². The molecule has 2 aromatic heterocycles. The van der Waals surface area contributed by atoms with Gasteiger partial charge < -0.3 is 20.5 Å². The van der Waals surface area contributed by atoms with Crippen molar-refractivity contribution in [2.45, 2.75) is 43.9 Å². The lowest BCUT2D eigenvalue weighted by atomic mass is 9.90. The predicted molar refractivity (Wildman–Crippen MR) is 153 cm³/mol. The Balaban J connectivity index is 1.27. The summed E-state index contributed by atoms with van der Waals surface area (Å²) < 4.78 is 8.46. The molecule has 5 rings (SSSR count). The van der Waals surface area contributed by atoms with Gasteiger partial charge in [-0.2, -0.15) is 5.10 Å². The van der Waals surface area contributed by atoms with Gasteiger partial charge in [0.1, 0.15) is 5.52 Å². The maximum absolute atomic E-state index is 13.4. The van der Waals surface area contributed by atoms with Crippen molar-refractivity contribution < 1.29 is 14.6 Å². The molecule has 1 unspecified atom stereocenters. The molecule has 1 fully saturated rings. The van der Waals surface area contributed by atoms with Crippen LogP contribution in [-0.4, -0.2) is 67.7 Å². The highest BCUT2D eigenvalue weighted by Crippen LogP contribution is 2.28. The molecule has 0 spiro atoms. The van der Waals surface area contributed by atoms with Gasteiger partial charge in [-0.15, -0.1) is 0 Å². The van der Waals surface area contributed by atoms with Crippen molar-refractivity contribution in [3.63, 3.8) is 0 Å². The highest BCUT2D eigenvalue weighted by molar-refractivity contribution is 5.89. The summed E-state index contributed by atoms with van der Waals surface area (Å²) >= 11 is 0. The normalized spacial score (nSPS) is 15.8. The van der Waals surface area contributed by atoms with Crippen molar-refractivity contribution in [3.05, 3.63) is 82.4 Å². The number of carbonyl (C=O) groups excluding carboxylic acids is 1. The number of likely N-dealkylation sites (tertiary alicyclic amines) is 1. The van der Waals surface area contributed by atoms with Gasteiger partial charge in [0.2, 0.25) is 5.91 Å². The average Bonchev–Trinajstić information content (AvgIpc) is 3.31. The van der Waals surface area contributed by atoms with Crippen molar-refractivity contribution in [1.82, 2.24) is 24.2 Å². The van der Waals surface area contributed by atoms with Gasteiger partial charge in [-0.05, 0) is 24.0 Å². The maximum Gasteiger partial charge on any atom is 0.281 e. The summed E-state index contributed by atoms with van der Waals surface area (Å²) in [6.45, 7) is 1.83. The summed E-state index contributed by atoms with van der Waals surface area (Å²) in [7, 11) is 3.42. The lowest BCUT2D eigenvalue weighted by Crippen LogP contribution is -2.50. The largest absolute Gasteiger partial charge is 0.388 e. The molecule has 0 radical (unpaired) electrons. The molecule has 1 aliphatic rings. The minimum atomic E-state index is -1.13. The molecule has 4 aromatic rings. The third-order valence-corrected chi connectivity index (χ3v) is 7.85. The lowest BCUT2D eigenvalue weighted by molar-refractivity contribution is -0.136. The van der Waals surface area contributed by atoms with E-state index in [4.69, 9.17) is 10.5 Å². The molecular formula is C30H36N6O4. The molecule has 40 heavy (non-hydrogen) atoms. The van der Waals surface area contributed by atoms with Gasteiger partial charge in [0.15, 0.2) is 5.52 Å². The SMILES string of the molecule is COCC(CC(=O)N1CCC(O)(Cn2cnc3c(-c4ccc(CN)cc4)n(C)nc3c2=O)CC1)c1ccccc1. The molecule has 0 saturated carbocycles. The molecular weight excluding hydrogens is 508 g/mol. The number of fused-ring (bicyclic) bond motifs is 1. The first-order valence-corrected chi connectivity index (χ1v) is 13.6. The second-order valence-electron chi connectivity index (χ2n) is 10.6. The van der Waals surface area contributed by atoms with Crippen molar-refractivity contribution in [3.8, 4) is 11.3 Å². The first kappa shape index (κ1) is 27.7. The van der Waals surface area contributed by atoms with Gasteiger partial charge in [0.05, 0.1) is 30.8 Å². The number of piperidine rings is 1. The van der Waals surface area contributed by atoms with E-state index in [1.807, 2.05) is 54.6 Å². The second-order valence-corrected chi connectivity index (χ2v) is 10.6. The van der Waals surface area contributed by atoms with E-state index in [9.17, 15) is 14.7 Å². The van der Waals surface area contributed by atoms with Crippen LogP contribution in [0.5, 0.6) is 0 Å². The third-order valence-electron chi connectivity index (χ3n) is 7.85. The number of benzene rings is 2. The summed E-state index contributed by atoms with van der Waals surface area (Å²) in [4.78, 5) is 32.9. The first-order valence-electron chi connectivity index (χ1n) is 13.6. The second kappa shape index (κ2) is 11.7. The smallest absolute Gasteiger partial charge is 0.281 e. The van der Waals surface area contributed by atoms with Gasteiger partial charge in [-0.3, -0.25) is 18.8 Å². The Morgan fingerprint density at radius 3 is 2.45 bits per heavy atom. The summed E-state index contributed by atoms with van der Waals surface area (Å²) in [5, 5.41) is 15.8. The number of aryl methyl sites for hydroxylation is 1. The fourth-order valence-corrected chi connectivity index (χ4v) is 5.52. The topological polar surface area (TPSA) is 128 Å². The number of ether oxygens (including phenoxy) is 1. The van der Waals surface area contributed by atoms with Crippen LogP contribution in [0.4, 0.5) is 0 Å². The number of hydrogen-bond donors (Lipinski definition) is 2. The Hall–Kier alpha value is -3.86. The zero-order valence-electron chi connectivity index (χ0n) is 23.0. The van der Waals surface area contributed by atoms with Crippen molar-refractivity contribution in [2.24, 2.45) is 12.8 Å². The van der Waals surface area contributed by atoms with Crippen LogP contribution in [0.15, 0.2) is 65.7 Å². The summed E-state index contributed by atoms with van der Waals surface area (Å²) in [5.41, 5.74) is 8.77. The zero-order valence-corrected chi connectivity index (χ0v) is 23.0. The Labute approximate surface area is 233 Å². The van der Waals surface area contributed by atoms with Crippen LogP contribution in [0, 0.1) is 0 Å². The number of amides is 1. The molecule has 3 heterocycles. The molecule has 3 N–H and O–H groups in total. The Bertz CT molecular complexity index is 1520. The molecule has 0 aliphatic carbocycles. The fraction of sp³-hybridized carbons (Fsp3) is 0.400.